The Morgan fingerprint density at radius 2 is 2.00 bits per heavy atom. The van der Waals surface area contributed by atoms with Gasteiger partial charge in [-0.05, 0) is 44.7 Å². The second-order valence-electron chi connectivity index (χ2n) is 5.28. The fourth-order valence-electron chi connectivity index (χ4n) is 2.46. The lowest BCUT2D eigenvalue weighted by atomic mass is 9.95. The van der Waals surface area contributed by atoms with Crippen molar-refractivity contribution in [3.05, 3.63) is 0 Å². The van der Waals surface area contributed by atoms with Crippen molar-refractivity contribution in [2.24, 2.45) is 5.92 Å². The first-order valence-electron chi connectivity index (χ1n) is 6.52. The van der Waals surface area contributed by atoms with Gasteiger partial charge in [-0.25, -0.2) is 0 Å². The number of carbonyl (C=O) groups excluding carboxylic acids is 1. The van der Waals surface area contributed by atoms with Gasteiger partial charge in [-0.2, -0.15) is 13.2 Å². The summed E-state index contributed by atoms with van der Waals surface area (Å²) in [5.74, 6) is -0.135. The summed E-state index contributed by atoms with van der Waals surface area (Å²) in [5.41, 5.74) is 0. The average Bonchev–Trinajstić information content (AvgIpc) is 3.10. The lowest BCUT2D eigenvalue weighted by Crippen LogP contribution is -2.42. The third-order valence-corrected chi connectivity index (χ3v) is 3.52. The summed E-state index contributed by atoms with van der Waals surface area (Å²) in [5, 5.41) is 3.18. The summed E-state index contributed by atoms with van der Waals surface area (Å²) >= 11 is 0. The first-order valence-corrected chi connectivity index (χ1v) is 6.52. The summed E-state index contributed by atoms with van der Waals surface area (Å²) < 4.78 is 37.3. The molecule has 1 atom stereocenters. The molecule has 0 spiro atoms. The molecular weight excluding hydrogens is 245 g/mol. The maximum atomic E-state index is 12.4. The van der Waals surface area contributed by atoms with Crippen LogP contribution >= 0.6 is 0 Å². The zero-order valence-electron chi connectivity index (χ0n) is 10.3. The molecule has 1 heterocycles. The van der Waals surface area contributed by atoms with E-state index in [2.05, 4.69) is 5.32 Å². The minimum Gasteiger partial charge on any atom is -0.331 e. The molecule has 2 fully saturated rings. The molecular formula is C12H19F3N2O. The molecule has 2 rings (SSSR count). The van der Waals surface area contributed by atoms with Crippen molar-refractivity contribution in [3.8, 4) is 0 Å². The highest BCUT2D eigenvalue weighted by molar-refractivity contribution is 5.77. The lowest BCUT2D eigenvalue weighted by molar-refractivity contribution is -0.163. The lowest BCUT2D eigenvalue weighted by Gasteiger charge is -2.28. The molecule has 0 radical (unpaired) electrons. The van der Waals surface area contributed by atoms with E-state index in [1.807, 2.05) is 0 Å². The molecule has 1 aliphatic heterocycles. The van der Waals surface area contributed by atoms with Gasteiger partial charge in [0.05, 0.1) is 0 Å². The van der Waals surface area contributed by atoms with Crippen molar-refractivity contribution in [2.75, 3.05) is 19.6 Å². The standard InChI is InChI=1S/C12H19F3N2O/c13-12(14,15)8-17(10-3-4-10)11(18)6-9-2-1-5-16-7-9/h9-10,16H,1-8H2. The molecule has 2 aliphatic rings. The predicted octanol–water partition coefficient (Wildman–Crippen LogP) is 1.93. The number of carbonyl (C=O) groups is 1. The van der Waals surface area contributed by atoms with Crippen molar-refractivity contribution in [1.82, 2.24) is 10.2 Å². The number of hydrogen-bond donors (Lipinski definition) is 1. The summed E-state index contributed by atoms with van der Waals surface area (Å²) in [6, 6.07) is -0.171. The molecule has 0 aromatic carbocycles. The maximum absolute atomic E-state index is 12.4. The molecule has 6 heteroatoms. The van der Waals surface area contributed by atoms with Crippen molar-refractivity contribution < 1.29 is 18.0 Å². The van der Waals surface area contributed by atoms with E-state index in [0.717, 1.165) is 30.8 Å². The van der Waals surface area contributed by atoms with Crippen molar-refractivity contribution >= 4 is 5.91 Å². The van der Waals surface area contributed by atoms with Gasteiger partial charge in [-0.1, -0.05) is 0 Å². The summed E-state index contributed by atoms with van der Waals surface area (Å²) in [7, 11) is 0. The van der Waals surface area contributed by atoms with Gasteiger partial charge < -0.3 is 10.2 Å². The SMILES string of the molecule is O=C(CC1CCCNC1)N(CC(F)(F)F)C1CC1. The topological polar surface area (TPSA) is 32.3 Å². The first kappa shape index (κ1) is 13.6. The van der Waals surface area contributed by atoms with E-state index in [1.165, 1.54) is 0 Å². The number of amides is 1. The zero-order chi connectivity index (χ0) is 13.2. The Balaban J connectivity index is 1.87. The van der Waals surface area contributed by atoms with Crippen molar-refractivity contribution in [3.63, 3.8) is 0 Å². The molecule has 1 unspecified atom stereocenters. The molecule has 1 saturated heterocycles. The van der Waals surface area contributed by atoms with Crippen LogP contribution in [0.3, 0.4) is 0 Å². The zero-order valence-corrected chi connectivity index (χ0v) is 10.3. The quantitative estimate of drug-likeness (QED) is 0.841. The molecule has 1 saturated carbocycles. The minimum atomic E-state index is -4.29. The molecule has 3 nitrogen and oxygen atoms in total. The van der Waals surface area contributed by atoms with Gasteiger partial charge >= 0.3 is 6.18 Å². The second kappa shape index (κ2) is 5.47. The van der Waals surface area contributed by atoms with Crippen LogP contribution in [-0.2, 0) is 4.79 Å². The van der Waals surface area contributed by atoms with E-state index in [1.54, 1.807) is 0 Å². The minimum absolute atomic E-state index is 0.171. The van der Waals surface area contributed by atoms with Crippen LogP contribution in [0, 0.1) is 5.92 Å². The van der Waals surface area contributed by atoms with Crippen molar-refractivity contribution in [1.29, 1.82) is 0 Å². The van der Waals surface area contributed by atoms with Crippen LogP contribution in [0.4, 0.5) is 13.2 Å². The Kier molecular flexibility index (Phi) is 4.14. The van der Waals surface area contributed by atoms with E-state index < -0.39 is 12.7 Å². The smallest absolute Gasteiger partial charge is 0.331 e. The van der Waals surface area contributed by atoms with Gasteiger partial charge in [0.15, 0.2) is 0 Å². The highest BCUT2D eigenvalue weighted by Crippen LogP contribution is 2.31. The van der Waals surface area contributed by atoms with Gasteiger partial charge in [-0.15, -0.1) is 0 Å². The van der Waals surface area contributed by atoms with Crippen LogP contribution < -0.4 is 5.32 Å². The monoisotopic (exact) mass is 264 g/mol. The molecule has 1 N–H and O–H groups in total. The molecule has 0 aromatic rings. The predicted molar refractivity (Wildman–Crippen MR) is 61.0 cm³/mol. The van der Waals surface area contributed by atoms with Crippen LogP contribution in [0.2, 0.25) is 0 Å². The van der Waals surface area contributed by atoms with E-state index in [-0.39, 0.29) is 24.3 Å². The number of nitrogens with one attached hydrogen (secondary N) is 1. The van der Waals surface area contributed by atoms with Gasteiger partial charge in [0, 0.05) is 12.5 Å². The Hall–Kier alpha value is -0.780. The molecule has 1 amide bonds. The first-order chi connectivity index (χ1) is 8.46. The number of piperidine rings is 1. The molecule has 1 aliphatic carbocycles. The summed E-state index contributed by atoms with van der Waals surface area (Å²) in [6.45, 7) is 0.604. The van der Waals surface area contributed by atoms with E-state index in [0.29, 0.717) is 12.8 Å². The van der Waals surface area contributed by atoms with E-state index in [4.69, 9.17) is 0 Å². The van der Waals surface area contributed by atoms with Crippen LogP contribution in [0.5, 0.6) is 0 Å². The van der Waals surface area contributed by atoms with Crippen LogP contribution in [0.25, 0.3) is 0 Å². The fraction of sp³-hybridized carbons (Fsp3) is 0.917. The third-order valence-electron chi connectivity index (χ3n) is 3.52. The van der Waals surface area contributed by atoms with E-state index >= 15 is 0 Å². The molecule has 0 aromatic heterocycles. The number of rotatable bonds is 4. The van der Waals surface area contributed by atoms with E-state index in [9.17, 15) is 18.0 Å². The number of alkyl halides is 3. The molecule has 0 bridgehead atoms. The maximum Gasteiger partial charge on any atom is 0.406 e. The largest absolute Gasteiger partial charge is 0.406 e. The van der Waals surface area contributed by atoms with Crippen LogP contribution in [-0.4, -0.2) is 42.7 Å². The third kappa shape index (κ3) is 4.15. The van der Waals surface area contributed by atoms with Crippen LogP contribution in [0.15, 0.2) is 0 Å². The van der Waals surface area contributed by atoms with Crippen LogP contribution in [0.1, 0.15) is 32.1 Å². The van der Waals surface area contributed by atoms with Gasteiger partial charge in [0.1, 0.15) is 6.54 Å². The Labute approximate surface area is 105 Å². The fourth-order valence-corrected chi connectivity index (χ4v) is 2.46. The molecule has 104 valence electrons. The van der Waals surface area contributed by atoms with Crippen molar-refractivity contribution in [2.45, 2.75) is 44.3 Å². The van der Waals surface area contributed by atoms with Gasteiger partial charge in [0.2, 0.25) is 5.91 Å². The Morgan fingerprint density at radius 1 is 1.28 bits per heavy atom. The number of halogens is 3. The number of nitrogens with zero attached hydrogens (tertiary/aromatic N) is 1. The average molecular weight is 264 g/mol. The Bertz CT molecular complexity index is 296. The normalized spacial score (nSPS) is 24.9. The Morgan fingerprint density at radius 3 is 2.50 bits per heavy atom. The number of hydrogen-bond acceptors (Lipinski definition) is 2. The highest BCUT2D eigenvalue weighted by Gasteiger charge is 2.40. The van der Waals surface area contributed by atoms with Gasteiger partial charge in [-0.3, -0.25) is 4.79 Å². The van der Waals surface area contributed by atoms with Gasteiger partial charge in [0.25, 0.3) is 0 Å². The summed E-state index contributed by atoms with van der Waals surface area (Å²) in [4.78, 5) is 13.0. The second-order valence-corrected chi connectivity index (χ2v) is 5.28. The molecule has 18 heavy (non-hydrogen) atoms. The summed E-state index contributed by atoms with van der Waals surface area (Å²) in [6.07, 6.45) is -0.679. The highest BCUT2D eigenvalue weighted by atomic mass is 19.4.